The lowest BCUT2D eigenvalue weighted by Crippen LogP contribution is -2.17. The molecule has 0 N–H and O–H groups in total. The largest absolute Gasteiger partial charge is 0.224 e. The SMILES string of the molecule is CCC(CBr)CS(=O)(=O)c1ccc(C)c(C)c1. The number of hydrogen-bond donors (Lipinski definition) is 0. The Bertz CT molecular complexity index is 476. The molecule has 0 bridgehead atoms. The number of hydrogen-bond acceptors (Lipinski definition) is 2. The molecule has 1 unspecified atom stereocenters. The molecule has 0 heterocycles. The molecular weight excluding hydrogens is 300 g/mol. The number of sulfone groups is 1. The van der Waals surface area contributed by atoms with Gasteiger partial charge in [0, 0.05) is 5.33 Å². The van der Waals surface area contributed by atoms with Gasteiger partial charge in [-0.2, -0.15) is 0 Å². The Morgan fingerprint density at radius 3 is 2.35 bits per heavy atom. The van der Waals surface area contributed by atoms with Crippen LogP contribution in [0.2, 0.25) is 0 Å². The van der Waals surface area contributed by atoms with Crippen molar-refractivity contribution in [1.29, 1.82) is 0 Å². The zero-order valence-corrected chi connectivity index (χ0v) is 12.9. The van der Waals surface area contributed by atoms with Gasteiger partial charge >= 0.3 is 0 Å². The normalized spacial score (nSPS) is 13.6. The monoisotopic (exact) mass is 318 g/mol. The highest BCUT2D eigenvalue weighted by atomic mass is 79.9. The third kappa shape index (κ3) is 3.81. The number of aryl methyl sites for hydroxylation is 2. The molecule has 0 aliphatic carbocycles. The van der Waals surface area contributed by atoms with E-state index in [1.165, 1.54) is 0 Å². The third-order valence-electron chi connectivity index (χ3n) is 3.09. The van der Waals surface area contributed by atoms with Crippen LogP contribution in [0.3, 0.4) is 0 Å². The maximum Gasteiger partial charge on any atom is 0.178 e. The molecule has 0 aromatic heterocycles. The van der Waals surface area contributed by atoms with Crippen LogP contribution in [0.15, 0.2) is 23.1 Å². The van der Waals surface area contributed by atoms with E-state index in [4.69, 9.17) is 0 Å². The first-order chi connectivity index (χ1) is 7.90. The van der Waals surface area contributed by atoms with Gasteiger partial charge < -0.3 is 0 Å². The van der Waals surface area contributed by atoms with Gasteiger partial charge in [-0.05, 0) is 43.0 Å². The topological polar surface area (TPSA) is 34.1 Å². The summed E-state index contributed by atoms with van der Waals surface area (Å²) >= 11 is 3.36. The predicted molar refractivity (Wildman–Crippen MR) is 75.5 cm³/mol. The van der Waals surface area contributed by atoms with Crippen LogP contribution >= 0.6 is 15.9 Å². The predicted octanol–water partition coefficient (Wildman–Crippen LogP) is 3.50. The van der Waals surface area contributed by atoms with Crippen LogP contribution in [0.25, 0.3) is 0 Å². The zero-order chi connectivity index (χ0) is 13.1. The molecule has 1 aromatic carbocycles. The molecule has 0 saturated heterocycles. The van der Waals surface area contributed by atoms with Crippen molar-refractivity contribution < 1.29 is 8.42 Å². The van der Waals surface area contributed by atoms with E-state index in [2.05, 4.69) is 15.9 Å². The van der Waals surface area contributed by atoms with E-state index in [0.29, 0.717) is 4.90 Å². The molecule has 17 heavy (non-hydrogen) atoms. The molecule has 0 aliphatic rings. The minimum absolute atomic E-state index is 0.182. The van der Waals surface area contributed by atoms with Crippen molar-refractivity contribution in [2.24, 2.45) is 5.92 Å². The van der Waals surface area contributed by atoms with Crippen LogP contribution in [0, 0.1) is 19.8 Å². The summed E-state index contributed by atoms with van der Waals surface area (Å²) in [5.74, 6) is 0.402. The van der Waals surface area contributed by atoms with Crippen molar-refractivity contribution in [3.8, 4) is 0 Å². The van der Waals surface area contributed by atoms with Crippen LogP contribution in [0.4, 0.5) is 0 Å². The second-order valence-corrected chi connectivity index (χ2v) is 7.14. The summed E-state index contributed by atoms with van der Waals surface area (Å²) in [7, 11) is -3.15. The van der Waals surface area contributed by atoms with Gasteiger partial charge in [0.15, 0.2) is 9.84 Å². The molecule has 96 valence electrons. The highest BCUT2D eigenvalue weighted by molar-refractivity contribution is 9.09. The Hall–Kier alpha value is -0.350. The lowest BCUT2D eigenvalue weighted by atomic mass is 10.1. The molecule has 0 fully saturated rings. The molecule has 0 radical (unpaired) electrons. The smallest absolute Gasteiger partial charge is 0.178 e. The Morgan fingerprint density at radius 2 is 1.88 bits per heavy atom. The van der Waals surface area contributed by atoms with Gasteiger partial charge in [-0.3, -0.25) is 0 Å². The van der Waals surface area contributed by atoms with E-state index < -0.39 is 9.84 Å². The maximum absolute atomic E-state index is 12.2. The van der Waals surface area contributed by atoms with Gasteiger partial charge in [0.1, 0.15) is 0 Å². The van der Waals surface area contributed by atoms with E-state index in [-0.39, 0.29) is 11.7 Å². The summed E-state index contributed by atoms with van der Waals surface area (Å²) in [6.45, 7) is 5.94. The van der Waals surface area contributed by atoms with Crippen molar-refractivity contribution in [2.75, 3.05) is 11.1 Å². The highest BCUT2D eigenvalue weighted by Crippen LogP contribution is 2.20. The summed E-state index contributed by atoms with van der Waals surface area (Å²) in [4.78, 5) is 0.444. The van der Waals surface area contributed by atoms with Gasteiger partial charge in [0.05, 0.1) is 10.6 Å². The Labute approximate surface area is 112 Å². The number of halogens is 1. The average Bonchev–Trinajstić information content (AvgIpc) is 2.29. The second kappa shape index (κ2) is 6.01. The molecule has 1 atom stereocenters. The van der Waals surface area contributed by atoms with E-state index in [1.807, 2.05) is 26.8 Å². The van der Waals surface area contributed by atoms with E-state index in [9.17, 15) is 8.42 Å². The van der Waals surface area contributed by atoms with Gasteiger partial charge in [-0.1, -0.05) is 35.3 Å². The van der Waals surface area contributed by atoms with Crippen LogP contribution in [0.1, 0.15) is 24.5 Å². The molecular formula is C13H19BrO2S. The summed E-state index contributed by atoms with van der Waals surface area (Å²) < 4.78 is 24.4. The molecule has 0 saturated carbocycles. The van der Waals surface area contributed by atoms with Crippen LogP contribution in [0.5, 0.6) is 0 Å². The van der Waals surface area contributed by atoms with Crippen LogP contribution in [-0.4, -0.2) is 19.5 Å². The van der Waals surface area contributed by atoms with Crippen LogP contribution < -0.4 is 0 Å². The Balaban J connectivity index is 3.01. The summed E-state index contributed by atoms with van der Waals surface area (Å²) in [5, 5.41) is 0.730. The van der Waals surface area contributed by atoms with Gasteiger partial charge in [-0.25, -0.2) is 8.42 Å². The van der Waals surface area contributed by atoms with E-state index >= 15 is 0 Å². The van der Waals surface area contributed by atoms with Crippen molar-refractivity contribution in [1.82, 2.24) is 0 Å². The summed E-state index contributed by atoms with van der Waals surface area (Å²) in [5.41, 5.74) is 2.15. The molecule has 4 heteroatoms. The Kier molecular flexibility index (Phi) is 5.20. The van der Waals surface area contributed by atoms with Crippen molar-refractivity contribution in [3.05, 3.63) is 29.3 Å². The summed E-state index contributed by atoms with van der Waals surface area (Å²) in [6.07, 6.45) is 0.870. The van der Waals surface area contributed by atoms with E-state index in [0.717, 1.165) is 22.9 Å². The first kappa shape index (κ1) is 14.7. The van der Waals surface area contributed by atoms with Crippen LogP contribution in [-0.2, 0) is 9.84 Å². The van der Waals surface area contributed by atoms with E-state index in [1.54, 1.807) is 12.1 Å². The number of rotatable bonds is 5. The number of alkyl halides is 1. The molecule has 1 aromatic rings. The third-order valence-corrected chi connectivity index (χ3v) is 5.89. The number of benzene rings is 1. The zero-order valence-electron chi connectivity index (χ0n) is 10.5. The average molecular weight is 319 g/mol. The standard InChI is InChI=1S/C13H19BrO2S/c1-4-12(8-14)9-17(15,16)13-6-5-10(2)11(3)7-13/h5-7,12H,4,8-9H2,1-3H3. The molecule has 0 amide bonds. The van der Waals surface area contributed by atoms with Gasteiger partial charge in [-0.15, -0.1) is 0 Å². The quantitative estimate of drug-likeness (QED) is 0.779. The maximum atomic E-state index is 12.2. The first-order valence-corrected chi connectivity index (χ1v) is 8.54. The first-order valence-electron chi connectivity index (χ1n) is 5.76. The molecule has 0 spiro atoms. The second-order valence-electron chi connectivity index (χ2n) is 4.46. The Morgan fingerprint density at radius 1 is 1.24 bits per heavy atom. The fourth-order valence-electron chi connectivity index (χ4n) is 1.59. The lowest BCUT2D eigenvalue weighted by molar-refractivity contribution is 0.568. The van der Waals surface area contributed by atoms with Crippen molar-refractivity contribution in [2.45, 2.75) is 32.1 Å². The minimum Gasteiger partial charge on any atom is -0.224 e. The highest BCUT2D eigenvalue weighted by Gasteiger charge is 2.19. The van der Waals surface area contributed by atoms with Crippen molar-refractivity contribution >= 4 is 25.8 Å². The summed E-state index contributed by atoms with van der Waals surface area (Å²) in [6, 6.07) is 5.35. The molecule has 0 aliphatic heterocycles. The fourth-order valence-corrected chi connectivity index (χ4v) is 4.37. The lowest BCUT2D eigenvalue weighted by Gasteiger charge is -2.12. The van der Waals surface area contributed by atoms with Gasteiger partial charge in [0.2, 0.25) is 0 Å². The molecule has 1 rings (SSSR count). The molecule has 2 nitrogen and oxygen atoms in total. The van der Waals surface area contributed by atoms with Crippen molar-refractivity contribution in [3.63, 3.8) is 0 Å². The minimum atomic E-state index is -3.15. The van der Waals surface area contributed by atoms with Gasteiger partial charge in [0.25, 0.3) is 0 Å². The fraction of sp³-hybridized carbons (Fsp3) is 0.538.